The number of anilines is 3. The number of rotatable bonds is 6. The summed E-state index contributed by atoms with van der Waals surface area (Å²) in [4.78, 5) is 20.8. The molecule has 4 rings (SSSR count). The lowest BCUT2D eigenvalue weighted by Gasteiger charge is -2.10. The Bertz CT molecular complexity index is 1120. The quantitative estimate of drug-likeness (QED) is 0.504. The summed E-state index contributed by atoms with van der Waals surface area (Å²) in [5.41, 5.74) is 3.73. The van der Waals surface area contributed by atoms with Gasteiger partial charge in [0.25, 0.3) is 5.91 Å². The lowest BCUT2D eigenvalue weighted by Crippen LogP contribution is -2.20. The van der Waals surface area contributed by atoms with Crippen molar-refractivity contribution < 1.29 is 9.53 Å². The summed E-state index contributed by atoms with van der Waals surface area (Å²) in [6.07, 6.45) is 3.43. The van der Waals surface area contributed by atoms with Gasteiger partial charge < -0.3 is 15.4 Å². The van der Waals surface area contributed by atoms with Crippen LogP contribution in [0.25, 0.3) is 10.9 Å². The highest BCUT2D eigenvalue weighted by Crippen LogP contribution is 2.24. The maximum absolute atomic E-state index is 12.1. The number of pyridine rings is 2. The maximum Gasteiger partial charge on any atom is 0.263 e. The predicted octanol–water partition coefficient (Wildman–Crippen LogP) is 4.70. The molecule has 2 N–H and O–H groups in total. The minimum Gasteiger partial charge on any atom is -0.484 e. The number of carbonyl (C=O) groups excluding carboxylic acids is 1. The van der Waals surface area contributed by atoms with Crippen LogP contribution >= 0.6 is 0 Å². The van der Waals surface area contributed by atoms with Gasteiger partial charge >= 0.3 is 0 Å². The van der Waals surface area contributed by atoms with E-state index in [9.17, 15) is 4.79 Å². The molecule has 2 aromatic carbocycles. The average molecular weight is 384 g/mol. The molecular formula is C23H20N4O2. The largest absolute Gasteiger partial charge is 0.484 e. The minimum absolute atomic E-state index is 0.0770. The van der Waals surface area contributed by atoms with Crippen LogP contribution in [-0.4, -0.2) is 22.5 Å². The Morgan fingerprint density at radius 3 is 2.59 bits per heavy atom. The molecule has 0 saturated heterocycles. The smallest absolute Gasteiger partial charge is 0.263 e. The second-order valence-corrected chi connectivity index (χ2v) is 6.59. The number of nitrogens with one attached hydrogen (secondary N) is 2. The number of hydrogen-bond acceptors (Lipinski definition) is 5. The van der Waals surface area contributed by atoms with Crippen LogP contribution in [0.1, 0.15) is 5.56 Å². The summed E-state index contributed by atoms with van der Waals surface area (Å²) < 4.78 is 5.48. The van der Waals surface area contributed by atoms with Crippen molar-refractivity contribution in [1.29, 1.82) is 0 Å². The van der Waals surface area contributed by atoms with Crippen molar-refractivity contribution in [2.75, 3.05) is 17.2 Å². The van der Waals surface area contributed by atoms with Crippen LogP contribution < -0.4 is 15.4 Å². The van der Waals surface area contributed by atoms with Crippen LogP contribution in [0.15, 0.2) is 79.1 Å². The van der Waals surface area contributed by atoms with Crippen molar-refractivity contribution >= 4 is 34.0 Å². The summed E-state index contributed by atoms with van der Waals surface area (Å²) in [5.74, 6) is 0.850. The number of nitrogens with zero attached hydrogens (tertiary/aromatic N) is 2. The first-order valence-electron chi connectivity index (χ1n) is 9.23. The zero-order chi connectivity index (χ0) is 20.1. The molecule has 0 unspecified atom stereocenters. The van der Waals surface area contributed by atoms with Gasteiger partial charge in [-0.2, -0.15) is 0 Å². The topological polar surface area (TPSA) is 76.1 Å². The molecule has 0 fully saturated rings. The Morgan fingerprint density at radius 2 is 1.79 bits per heavy atom. The Balaban J connectivity index is 1.36. The molecule has 6 nitrogen and oxygen atoms in total. The molecule has 2 aromatic heterocycles. The number of carbonyl (C=O) groups is 1. The van der Waals surface area contributed by atoms with E-state index in [1.54, 1.807) is 18.5 Å². The molecule has 0 saturated carbocycles. The number of para-hydroxylation sites is 1. The molecule has 0 spiro atoms. The van der Waals surface area contributed by atoms with E-state index in [0.717, 1.165) is 27.8 Å². The summed E-state index contributed by atoms with van der Waals surface area (Å²) in [6.45, 7) is 1.92. The molecule has 0 atom stereocenters. The summed E-state index contributed by atoms with van der Waals surface area (Å²) >= 11 is 0. The normalized spacial score (nSPS) is 10.5. The van der Waals surface area contributed by atoms with Crippen molar-refractivity contribution in [1.82, 2.24) is 9.97 Å². The lowest BCUT2D eigenvalue weighted by atomic mass is 10.2. The molecule has 0 aliphatic heterocycles. The summed E-state index contributed by atoms with van der Waals surface area (Å²) in [5, 5.41) is 7.10. The van der Waals surface area contributed by atoms with E-state index in [-0.39, 0.29) is 12.5 Å². The SMILES string of the molecule is Cc1ccc(OCC(=O)Nc2ccc(Nc3cccc4cccnc34)cn2)cc1. The molecule has 1 amide bonds. The van der Waals surface area contributed by atoms with Gasteiger partial charge in [-0.1, -0.05) is 35.9 Å². The van der Waals surface area contributed by atoms with Gasteiger partial charge in [0, 0.05) is 11.6 Å². The molecule has 0 bridgehead atoms. The number of ether oxygens (including phenoxy) is 1. The van der Waals surface area contributed by atoms with Crippen molar-refractivity contribution in [3.63, 3.8) is 0 Å². The van der Waals surface area contributed by atoms with Crippen molar-refractivity contribution in [3.05, 3.63) is 84.7 Å². The van der Waals surface area contributed by atoms with Crippen LogP contribution in [0.4, 0.5) is 17.2 Å². The van der Waals surface area contributed by atoms with Gasteiger partial charge in [-0.15, -0.1) is 0 Å². The first-order valence-corrected chi connectivity index (χ1v) is 9.23. The predicted molar refractivity (Wildman–Crippen MR) is 115 cm³/mol. The van der Waals surface area contributed by atoms with E-state index < -0.39 is 0 Å². The number of amides is 1. The van der Waals surface area contributed by atoms with E-state index in [1.807, 2.05) is 67.6 Å². The molecule has 2 heterocycles. The number of aryl methyl sites for hydroxylation is 1. The van der Waals surface area contributed by atoms with E-state index in [4.69, 9.17) is 4.74 Å². The molecule has 144 valence electrons. The zero-order valence-electron chi connectivity index (χ0n) is 15.9. The standard InChI is InChI=1S/C23H20N4O2/c1-16-7-10-19(11-8-16)29-15-22(28)27-21-12-9-18(14-25-21)26-20-6-2-4-17-5-3-13-24-23(17)20/h2-14,26H,15H2,1H3,(H,25,27,28). The van der Waals surface area contributed by atoms with E-state index in [1.165, 1.54) is 0 Å². The number of benzene rings is 2. The third-order valence-corrected chi connectivity index (χ3v) is 4.33. The van der Waals surface area contributed by atoms with Crippen LogP contribution in [0.5, 0.6) is 5.75 Å². The third-order valence-electron chi connectivity index (χ3n) is 4.33. The molecule has 29 heavy (non-hydrogen) atoms. The molecule has 4 aromatic rings. The Labute approximate surface area is 168 Å². The van der Waals surface area contributed by atoms with Crippen molar-refractivity contribution in [2.45, 2.75) is 6.92 Å². The molecule has 0 aliphatic carbocycles. The van der Waals surface area contributed by atoms with Crippen molar-refractivity contribution in [3.8, 4) is 5.75 Å². The summed E-state index contributed by atoms with van der Waals surface area (Å²) in [6, 6.07) is 21.0. The second-order valence-electron chi connectivity index (χ2n) is 6.59. The highest BCUT2D eigenvalue weighted by atomic mass is 16.5. The Hall–Kier alpha value is -3.93. The molecule has 0 aliphatic rings. The minimum atomic E-state index is -0.267. The Kier molecular flexibility index (Phi) is 5.33. The van der Waals surface area contributed by atoms with Crippen LogP contribution in [0.2, 0.25) is 0 Å². The zero-order valence-corrected chi connectivity index (χ0v) is 15.9. The van der Waals surface area contributed by atoms with Gasteiger partial charge in [0.1, 0.15) is 11.6 Å². The average Bonchev–Trinajstić information content (AvgIpc) is 2.75. The Morgan fingerprint density at radius 1 is 0.966 bits per heavy atom. The first kappa shape index (κ1) is 18.4. The van der Waals surface area contributed by atoms with Gasteiger partial charge in [-0.25, -0.2) is 4.98 Å². The van der Waals surface area contributed by atoms with Crippen LogP contribution in [0.3, 0.4) is 0 Å². The molecular weight excluding hydrogens is 364 g/mol. The molecule has 0 radical (unpaired) electrons. The fourth-order valence-corrected chi connectivity index (χ4v) is 2.86. The third kappa shape index (κ3) is 4.68. The highest BCUT2D eigenvalue weighted by molar-refractivity contribution is 5.92. The second kappa shape index (κ2) is 8.39. The fraction of sp³-hybridized carbons (Fsp3) is 0.0870. The maximum atomic E-state index is 12.1. The number of aromatic nitrogens is 2. The first-order chi connectivity index (χ1) is 14.2. The highest BCUT2D eigenvalue weighted by Gasteiger charge is 2.06. The lowest BCUT2D eigenvalue weighted by molar-refractivity contribution is -0.118. The number of fused-ring (bicyclic) bond motifs is 1. The van der Waals surface area contributed by atoms with Gasteiger partial charge in [-0.05, 0) is 43.3 Å². The van der Waals surface area contributed by atoms with Crippen LogP contribution in [-0.2, 0) is 4.79 Å². The monoisotopic (exact) mass is 384 g/mol. The fourth-order valence-electron chi connectivity index (χ4n) is 2.86. The van der Waals surface area contributed by atoms with Gasteiger partial charge in [0.05, 0.1) is 23.1 Å². The molecule has 6 heteroatoms. The van der Waals surface area contributed by atoms with E-state index in [0.29, 0.717) is 11.6 Å². The van der Waals surface area contributed by atoms with Gasteiger partial charge in [0.15, 0.2) is 6.61 Å². The number of hydrogen-bond donors (Lipinski definition) is 2. The summed E-state index contributed by atoms with van der Waals surface area (Å²) in [7, 11) is 0. The van der Waals surface area contributed by atoms with E-state index >= 15 is 0 Å². The van der Waals surface area contributed by atoms with E-state index in [2.05, 4.69) is 20.6 Å². The van der Waals surface area contributed by atoms with Crippen LogP contribution in [0, 0.1) is 6.92 Å². The van der Waals surface area contributed by atoms with Gasteiger partial charge in [-0.3, -0.25) is 9.78 Å². The van der Waals surface area contributed by atoms with Crippen molar-refractivity contribution in [2.24, 2.45) is 0 Å². The van der Waals surface area contributed by atoms with Gasteiger partial charge in [0.2, 0.25) is 0 Å².